The molecule has 2 fully saturated rings. The maximum absolute atomic E-state index is 14.8. The maximum Gasteiger partial charge on any atom is 0.245 e. The second-order valence-electron chi connectivity index (χ2n) is 9.16. The molecule has 1 N–H and O–H groups in total. The molecule has 3 heterocycles. The van der Waals surface area contributed by atoms with Crippen LogP contribution in [0.1, 0.15) is 25.7 Å². The van der Waals surface area contributed by atoms with Crippen LogP contribution in [0.15, 0.2) is 43.2 Å². The van der Waals surface area contributed by atoms with Gasteiger partial charge in [0.2, 0.25) is 5.91 Å². The zero-order valence-corrected chi connectivity index (χ0v) is 22.1. The van der Waals surface area contributed by atoms with Crippen molar-refractivity contribution in [3.05, 3.63) is 59.1 Å². The minimum atomic E-state index is -0.678. The number of anilines is 2. The van der Waals surface area contributed by atoms with Crippen molar-refractivity contribution in [1.82, 2.24) is 14.9 Å². The van der Waals surface area contributed by atoms with Crippen molar-refractivity contribution in [2.75, 3.05) is 31.6 Å². The summed E-state index contributed by atoms with van der Waals surface area (Å²) in [5, 5.41) is 3.57. The molecular formula is C27H27Cl2FN4O4. The minimum Gasteiger partial charge on any atom is -0.486 e. The zero-order valence-electron chi connectivity index (χ0n) is 20.6. The highest BCUT2D eigenvalue weighted by atomic mass is 35.5. The first kappa shape index (κ1) is 26.5. The molecule has 0 bridgehead atoms. The van der Waals surface area contributed by atoms with E-state index in [1.807, 2.05) is 12.1 Å². The van der Waals surface area contributed by atoms with Gasteiger partial charge in [0.15, 0.2) is 17.3 Å². The summed E-state index contributed by atoms with van der Waals surface area (Å²) < 4.78 is 33.0. The van der Waals surface area contributed by atoms with Crippen LogP contribution >= 0.6 is 23.2 Å². The summed E-state index contributed by atoms with van der Waals surface area (Å²) in [5.41, 5.74) is 0.729. The summed E-state index contributed by atoms with van der Waals surface area (Å²) in [7, 11) is 0. The largest absolute Gasteiger partial charge is 0.486 e. The number of carbonyl (C=O) groups is 1. The first-order chi connectivity index (χ1) is 18.4. The predicted molar refractivity (Wildman–Crippen MR) is 144 cm³/mol. The highest BCUT2D eigenvalue weighted by molar-refractivity contribution is 6.42. The summed E-state index contributed by atoms with van der Waals surface area (Å²) in [6.45, 7) is 5.99. The van der Waals surface area contributed by atoms with E-state index in [9.17, 15) is 9.18 Å². The Morgan fingerprint density at radius 1 is 1.08 bits per heavy atom. The van der Waals surface area contributed by atoms with Crippen LogP contribution in [-0.4, -0.2) is 59.3 Å². The van der Waals surface area contributed by atoms with Crippen molar-refractivity contribution >= 4 is 51.5 Å². The Morgan fingerprint density at radius 3 is 2.47 bits per heavy atom. The van der Waals surface area contributed by atoms with Crippen LogP contribution in [0, 0.1) is 5.82 Å². The summed E-state index contributed by atoms with van der Waals surface area (Å²) in [4.78, 5) is 22.5. The number of aromatic nitrogens is 2. The summed E-state index contributed by atoms with van der Waals surface area (Å²) in [6, 6.07) is 6.63. The SMILES string of the molecule is C=CC(=O)N1CCC(Oc2cc3c(Nc4ccc(Cl)c(Cl)c4F)ncnc3cc2OC2CCOCC2)CC1. The molecule has 0 atom stereocenters. The third-order valence-electron chi connectivity index (χ3n) is 6.67. The van der Waals surface area contributed by atoms with Gasteiger partial charge in [-0.1, -0.05) is 29.8 Å². The molecule has 2 saturated heterocycles. The van der Waals surface area contributed by atoms with Crippen LogP contribution in [-0.2, 0) is 9.53 Å². The Morgan fingerprint density at radius 2 is 1.76 bits per heavy atom. The fourth-order valence-corrected chi connectivity index (χ4v) is 4.88. The number of benzene rings is 2. The lowest BCUT2D eigenvalue weighted by Gasteiger charge is -2.32. The highest BCUT2D eigenvalue weighted by Crippen LogP contribution is 2.39. The normalized spacial score (nSPS) is 16.9. The number of nitrogens with one attached hydrogen (secondary N) is 1. The number of amides is 1. The number of halogens is 3. The molecule has 8 nitrogen and oxygen atoms in total. The van der Waals surface area contributed by atoms with Crippen LogP contribution in [0.4, 0.5) is 15.9 Å². The Kier molecular flexibility index (Phi) is 8.16. The molecule has 0 aliphatic carbocycles. The van der Waals surface area contributed by atoms with E-state index in [0.29, 0.717) is 67.4 Å². The molecule has 5 rings (SSSR count). The number of piperidine rings is 1. The molecule has 0 saturated carbocycles. The molecule has 11 heteroatoms. The minimum absolute atomic E-state index is 0.0136. The molecule has 1 aromatic heterocycles. The molecule has 0 spiro atoms. The van der Waals surface area contributed by atoms with Crippen molar-refractivity contribution in [2.24, 2.45) is 0 Å². The van der Waals surface area contributed by atoms with Gasteiger partial charge >= 0.3 is 0 Å². The Balaban J connectivity index is 1.46. The number of hydrogen-bond donors (Lipinski definition) is 1. The molecule has 2 aliphatic rings. The lowest BCUT2D eigenvalue weighted by atomic mass is 10.1. The predicted octanol–water partition coefficient (Wildman–Crippen LogP) is 5.93. The van der Waals surface area contributed by atoms with E-state index in [1.165, 1.54) is 24.5 Å². The number of ether oxygens (including phenoxy) is 3. The Bertz CT molecular complexity index is 1340. The van der Waals surface area contributed by atoms with E-state index in [4.69, 9.17) is 37.4 Å². The summed E-state index contributed by atoms with van der Waals surface area (Å²) in [6.07, 6.45) is 5.46. The number of likely N-dealkylation sites (tertiary alicyclic amines) is 1. The smallest absolute Gasteiger partial charge is 0.245 e. The van der Waals surface area contributed by atoms with Gasteiger partial charge in [0.05, 0.1) is 34.5 Å². The van der Waals surface area contributed by atoms with E-state index < -0.39 is 5.82 Å². The Hall–Kier alpha value is -3.14. The lowest BCUT2D eigenvalue weighted by molar-refractivity contribution is -0.127. The van der Waals surface area contributed by atoms with E-state index in [-0.39, 0.29) is 33.8 Å². The van der Waals surface area contributed by atoms with Crippen LogP contribution < -0.4 is 14.8 Å². The molecule has 1 amide bonds. The maximum atomic E-state index is 14.8. The topological polar surface area (TPSA) is 85.8 Å². The molecule has 2 aliphatic heterocycles. The first-order valence-corrected chi connectivity index (χ1v) is 13.2. The lowest BCUT2D eigenvalue weighted by Crippen LogP contribution is -2.41. The van der Waals surface area contributed by atoms with Gasteiger partial charge < -0.3 is 24.4 Å². The zero-order chi connectivity index (χ0) is 26.6. The van der Waals surface area contributed by atoms with Gasteiger partial charge in [-0.3, -0.25) is 4.79 Å². The van der Waals surface area contributed by atoms with Crippen LogP contribution in [0.3, 0.4) is 0 Å². The van der Waals surface area contributed by atoms with E-state index in [0.717, 1.165) is 12.8 Å². The number of fused-ring (bicyclic) bond motifs is 1. The summed E-state index contributed by atoms with van der Waals surface area (Å²) >= 11 is 11.9. The van der Waals surface area contributed by atoms with Gasteiger partial charge in [-0.2, -0.15) is 0 Å². The van der Waals surface area contributed by atoms with Crippen LogP contribution in [0.2, 0.25) is 10.0 Å². The van der Waals surface area contributed by atoms with Crippen LogP contribution in [0.5, 0.6) is 11.5 Å². The average molecular weight is 561 g/mol. The molecule has 0 radical (unpaired) electrons. The quantitative estimate of drug-likeness (QED) is 0.283. The van der Waals surface area contributed by atoms with Gasteiger partial charge in [-0.25, -0.2) is 14.4 Å². The fraction of sp³-hybridized carbons (Fsp3) is 0.370. The van der Waals surface area contributed by atoms with Gasteiger partial charge in [0.25, 0.3) is 0 Å². The number of carbonyl (C=O) groups excluding carboxylic acids is 1. The van der Waals surface area contributed by atoms with Crippen molar-refractivity contribution < 1.29 is 23.4 Å². The van der Waals surface area contributed by atoms with Crippen molar-refractivity contribution in [1.29, 1.82) is 0 Å². The molecule has 3 aromatic rings. The first-order valence-electron chi connectivity index (χ1n) is 12.4. The van der Waals surface area contributed by atoms with Crippen LogP contribution in [0.25, 0.3) is 10.9 Å². The highest BCUT2D eigenvalue weighted by Gasteiger charge is 2.26. The van der Waals surface area contributed by atoms with Crippen molar-refractivity contribution in [2.45, 2.75) is 37.9 Å². The molecule has 200 valence electrons. The second-order valence-corrected chi connectivity index (χ2v) is 9.95. The van der Waals surface area contributed by atoms with Crippen molar-refractivity contribution in [3.8, 4) is 11.5 Å². The van der Waals surface area contributed by atoms with Gasteiger partial charge in [-0.05, 0) is 24.3 Å². The number of rotatable bonds is 7. The molecular weight excluding hydrogens is 534 g/mol. The third kappa shape index (κ3) is 5.80. The third-order valence-corrected chi connectivity index (χ3v) is 7.45. The molecule has 38 heavy (non-hydrogen) atoms. The molecule has 2 aromatic carbocycles. The number of hydrogen-bond acceptors (Lipinski definition) is 7. The number of nitrogens with zero attached hydrogens (tertiary/aromatic N) is 3. The average Bonchev–Trinajstić information content (AvgIpc) is 2.94. The van der Waals surface area contributed by atoms with Gasteiger partial charge in [-0.15, -0.1) is 0 Å². The monoisotopic (exact) mass is 560 g/mol. The standard InChI is InChI=1S/C27H27Cl2FN4O4/c1-2-24(35)34-9-5-16(6-10-34)37-22-13-18-21(14-23(22)38-17-7-11-36-12-8-17)31-15-32-27(18)33-20-4-3-19(28)25(29)26(20)30/h2-4,13-17H,1,5-12H2,(H,31,32,33). The molecule has 0 unspecified atom stereocenters. The van der Waals surface area contributed by atoms with Gasteiger partial charge in [0, 0.05) is 50.2 Å². The summed E-state index contributed by atoms with van der Waals surface area (Å²) in [5.74, 6) is 0.716. The van der Waals surface area contributed by atoms with E-state index in [1.54, 1.807) is 4.90 Å². The van der Waals surface area contributed by atoms with Crippen molar-refractivity contribution in [3.63, 3.8) is 0 Å². The fourth-order valence-electron chi connectivity index (χ4n) is 4.57. The van der Waals surface area contributed by atoms with E-state index >= 15 is 0 Å². The Labute approximate surface area is 229 Å². The van der Waals surface area contributed by atoms with Gasteiger partial charge in [0.1, 0.15) is 24.4 Å². The van der Waals surface area contributed by atoms with E-state index in [2.05, 4.69) is 21.9 Å². The second kappa shape index (κ2) is 11.7.